The number of para-hydroxylation sites is 1. The quantitative estimate of drug-likeness (QED) is 0.557. The van der Waals surface area contributed by atoms with Crippen molar-refractivity contribution in [2.24, 2.45) is 0 Å². The van der Waals surface area contributed by atoms with Gasteiger partial charge >= 0.3 is 0 Å². The van der Waals surface area contributed by atoms with Crippen LogP contribution in [0.15, 0.2) is 71.9 Å². The maximum Gasteiger partial charge on any atom is 0.296 e. The first-order chi connectivity index (χ1) is 11.6. The topological polar surface area (TPSA) is 80.3 Å². The van der Waals surface area contributed by atoms with Crippen LogP contribution in [-0.4, -0.2) is 24.6 Å². The number of aromatic hydroxyl groups is 1. The Morgan fingerprint density at radius 1 is 0.958 bits per heavy atom. The fourth-order valence-corrected chi connectivity index (χ4v) is 2.75. The number of benzene rings is 2. The van der Waals surface area contributed by atoms with Crippen molar-refractivity contribution in [2.45, 2.75) is 0 Å². The van der Waals surface area contributed by atoms with E-state index in [9.17, 15) is 15.1 Å². The van der Waals surface area contributed by atoms with Crippen molar-refractivity contribution < 1.29 is 10.3 Å². The number of phenols is 1. The number of hydrogen-bond donors (Lipinski definition) is 2. The lowest BCUT2D eigenvalue weighted by Gasteiger charge is -2.03. The Labute approximate surface area is 136 Å². The van der Waals surface area contributed by atoms with Crippen molar-refractivity contribution in [3.8, 4) is 22.6 Å². The first-order valence-electron chi connectivity index (χ1n) is 7.32. The normalized spacial score (nSPS) is 11.0. The maximum atomic E-state index is 12.4. The van der Waals surface area contributed by atoms with Crippen LogP contribution in [0.25, 0.3) is 27.8 Å². The molecule has 0 bridgehead atoms. The summed E-state index contributed by atoms with van der Waals surface area (Å²) in [5.41, 5.74) is 2.15. The van der Waals surface area contributed by atoms with Crippen molar-refractivity contribution in [1.82, 2.24) is 14.3 Å². The van der Waals surface area contributed by atoms with Crippen LogP contribution in [0, 0.1) is 0 Å². The largest absolute Gasteiger partial charge is 0.508 e. The molecule has 4 aromatic rings. The van der Waals surface area contributed by atoms with E-state index in [0.717, 1.165) is 17.6 Å². The Morgan fingerprint density at radius 2 is 1.67 bits per heavy atom. The molecule has 2 N–H and O–H groups in total. The summed E-state index contributed by atoms with van der Waals surface area (Å²) in [7, 11) is 0. The molecule has 2 heterocycles. The number of rotatable bonds is 2. The Bertz CT molecular complexity index is 1080. The van der Waals surface area contributed by atoms with Crippen LogP contribution in [0.5, 0.6) is 5.75 Å². The minimum absolute atomic E-state index is 0.142. The molecule has 0 amide bonds. The monoisotopic (exact) mass is 319 g/mol. The molecule has 0 saturated carbocycles. The molecular weight excluding hydrogens is 306 g/mol. The number of hydrogen-bond acceptors (Lipinski definition) is 4. The fraction of sp³-hybridized carbons (Fsp3) is 0. The van der Waals surface area contributed by atoms with Crippen LogP contribution >= 0.6 is 0 Å². The summed E-state index contributed by atoms with van der Waals surface area (Å²) in [5.74, 6) is 0.142. The summed E-state index contributed by atoms with van der Waals surface area (Å²) < 4.78 is 2.28. The lowest BCUT2D eigenvalue weighted by molar-refractivity contribution is 0.173. The van der Waals surface area contributed by atoms with Gasteiger partial charge in [0.25, 0.3) is 5.56 Å². The third-order valence-corrected chi connectivity index (χ3v) is 3.90. The number of aromatic nitrogens is 3. The molecule has 0 unspecified atom stereocenters. The number of phenolic OH excluding ortho intramolecular Hbond substituents is 1. The molecule has 118 valence electrons. The molecule has 0 aliphatic rings. The summed E-state index contributed by atoms with van der Waals surface area (Å²) in [5, 5.41) is 19.5. The Hall–Kier alpha value is -3.54. The fourth-order valence-electron chi connectivity index (χ4n) is 2.75. The summed E-state index contributed by atoms with van der Waals surface area (Å²) in [6.07, 6.45) is 2.89. The summed E-state index contributed by atoms with van der Waals surface area (Å²) in [4.78, 5) is 16.7. The molecule has 0 atom stereocenters. The van der Waals surface area contributed by atoms with Crippen LogP contribution in [0.2, 0.25) is 0 Å². The van der Waals surface area contributed by atoms with Crippen LogP contribution in [-0.2, 0) is 0 Å². The van der Waals surface area contributed by atoms with E-state index in [1.807, 2.05) is 30.3 Å². The average Bonchev–Trinajstić information content (AvgIpc) is 3.00. The van der Waals surface area contributed by atoms with Gasteiger partial charge in [0, 0.05) is 17.4 Å². The van der Waals surface area contributed by atoms with Crippen molar-refractivity contribution in [3.63, 3.8) is 0 Å². The zero-order valence-electron chi connectivity index (χ0n) is 12.5. The Kier molecular flexibility index (Phi) is 3.09. The van der Waals surface area contributed by atoms with Gasteiger partial charge in [0.1, 0.15) is 12.1 Å². The second-order valence-electron chi connectivity index (χ2n) is 5.39. The zero-order chi connectivity index (χ0) is 16.7. The van der Waals surface area contributed by atoms with Crippen molar-refractivity contribution in [3.05, 3.63) is 77.5 Å². The molecule has 6 heteroatoms. The van der Waals surface area contributed by atoms with Gasteiger partial charge < -0.3 is 14.9 Å². The molecule has 24 heavy (non-hydrogen) atoms. The third-order valence-electron chi connectivity index (χ3n) is 3.90. The van der Waals surface area contributed by atoms with Gasteiger partial charge in [-0.3, -0.25) is 4.79 Å². The van der Waals surface area contributed by atoms with Gasteiger partial charge in [-0.15, -0.1) is 4.73 Å². The molecule has 0 spiro atoms. The highest BCUT2D eigenvalue weighted by Gasteiger charge is 2.17. The van der Waals surface area contributed by atoms with Crippen molar-refractivity contribution in [1.29, 1.82) is 0 Å². The van der Waals surface area contributed by atoms with Gasteiger partial charge in [0.2, 0.25) is 0 Å². The van der Waals surface area contributed by atoms with E-state index in [1.165, 1.54) is 0 Å². The van der Waals surface area contributed by atoms with Crippen molar-refractivity contribution >= 4 is 11.0 Å². The number of nitrogens with zero attached hydrogens (tertiary/aromatic N) is 3. The van der Waals surface area contributed by atoms with E-state index in [-0.39, 0.29) is 5.75 Å². The van der Waals surface area contributed by atoms with E-state index in [0.29, 0.717) is 21.3 Å². The molecule has 2 aromatic carbocycles. The van der Waals surface area contributed by atoms with Gasteiger partial charge in [0.05, 0.1) is 5.39 Å². The molecule has 0 aliphatic heterocycles. The lowest BCUT2D eigenvalue weighted by Crippen LogP contribution is -2.18. The second kappa shape index (κ2) is 5.27. The first kappa shape index (κ1) is 14.1. The highest BCUT2D eigenvalue weighted by molar-refractivity contribution is 5.94. The molecule has 0 saturated heterocycles. The van der Waals surface area contributed by atoms with Gasteiger partial charge in [-0.05, 0) is 29.8 Å². The molecule has 6 nitrogen and oxygen atoms in total. The standard InChI is InChI=1S/C18H13N3O3/c22-14-8-6-12(7-9-14)15-10-20(13-4-2-1-3-5-13)17-16(15)18(23)21(24)11-19-17/h1-11,22,24H. The lowest BCUT2D eigenvalue weighted by atomic mass is 10.1. The summed E-state index contributed by atoms with van der Waals surface area (Å²) in [6.45, 7) is 0. The van der Waals surface area contributed by atoms with E-state index < -0.39 is 5.56 Å². The van der Waals surface area contributed by atoms with Crippen LogP contribution in [0.3, 0.4) is 0 Å². The minimum Gasteiger partial charge on any atom is -0.508 e. The second-order valence-corrected chi connectivity index (χ2v) is 5.39. The number of fused-ring (bicyclic) bond motifs is 1. The molecule has 0 radical (unpaired) electrons. The Balaban J connectivity index is 2.08. The Morgan fingerprint density at radius 3 is 2.38 bits per heavy atom. The van der Waals surface area contributed by atoms with Crippen molar-refractivity contribution in [2.75, 3.05) is 0 Å². The first-order valence-corrected chi connectivity index (χ1v) is 7.32. The van der Waals surface area contributed by atoms with E-state index >= 15 is 0 Å². The SMILES string of the molecule is O=c1c2c(-c3ccc(O)cc3)cn(-c3ccccc3)c2ncn1O. The van der Waals surface area contributed by atoms with Gasteiger partial charge in [-0.25, -0.2) is 4.98 Å². The predicted octanol–water partition coefficient (Wildman–Crippen LogP) is 2.80. The third kappa shape index (κ3) is 2.13. The van der Waals surface area contributed by atoms with Gasteiger partial charge in [0.15, 0.2) is 5.65 Å². The summed E-state index contributed by atoms with van der Waals surface area (Å²) >= 11 is 0. The highest BCUT2D eigenvalue weighted by atomic mass is 16.5. The van der Waals surface area contributed by atoms with Gasteiger partial charge in [-0.2, -0.15) is 0 Å². The van der Waals surface area contributed by atoms with Crippen LogP contribution < -0.4 is 5.56 Å². The molecule has 0 fully saturated rings. The molecule has 0 aliphatic carbocycles. The van der Waals surface area contributed by atoms with Crippen LogP contribution in [0.1, 0.15) is 0 Å². The zero-order valence-corrected chi connectivity index (χ0v) is 12.5. The predicted molar refractivity (Wildman–Crippen MR) is 89.6 cm³/mol. The smallest absolute Gasteiger partial charge is 0.296 e. The van der Waals surface area contributed by atoms with E-state index in [2.05, 4.69) is 4.98 Å². The summed E-state index contributed by atoms with van der Waals surface area (Å²) in [6, 6.07) is 16.1. The van der Waals surface area contributed by atoms with E-state index in [1.54, 1.807) is 35.0 Å². The van der Waals surface area contributed by atoms with E-state index in [4.69, 9.17) is 0 Å². The molecule has 2 aromatic heterocycles. The maximum absolute atomic E-state index is 12.4. The highest BCUT2D eigenvalue weighted by Crippen LogP contribution is 2.30. The van der Waals surface area contributed by atoms with Crippen LogP contribution in [0.4, 0.5) is 0 Å². The minimum atomic E-state index is -0.544. The average molecular weight is 319 g/mol. The molecular formula is C18H13N3O3. The van der Waals surface area contributed by atoms with Gasteiger partial charge in [-0.1, -0.05) is 30.3 Å². The molecule has 4 rings (SSSR count).